The highest BCUT2D eigenvalue weighted by Crippen LogP contribution is 2.21. The van der Waals surface area contributed by atoms with Crippen molar-refractivity contribution in [2.45, 2.75) is 18.9 Å². The van der Waals surface area contributed by atoms with Crippen LogP contribution in [0.1, 0.15) is 23.2 Å². The van der Waals surface area contributed by atoms with Crippen molar-refractivity contribution in [1.29, 1.82) is 0 Å². The van der Waals surface area contributed by atoms with E-state index in [1.165, 1.54) is 0 Å². The Morgan fingerprint density at radius 2 is 1.81 bits per heavy atom. The lowest BCUT2D eigenvalue weighted by Crippen LogP contribution is -2.47. The lowest BCUT2D eigenvalue weighted by molar-refractivity contribution is 0.0540. The number of rotatable bonds is 6. The van der Waals surface area contributed by atoms with Crippen LogP contribution in [0.4, 0.5) is 11.4 Å². The van der Waals surface area contributed by atoms with E-state index in [0.717, 1.165) is 37.3 Å². The van der Waals surface area contributed by atoms with Gasteiger partial charge in [-0.2, -0.15) is 0 Å². The summed E-state index contributed by atoms with van der Waals surface area (Å²) in [6.45, 7) is 2.33. The van der Waals surface area contributed by atoms with Gasteiger partial charge in [0.1, 0.15) is 0 Å². The van der Waals surface area contributed by atoms with Gasteiger partial charge in [0.25, 0.3) is 5.91 Å². The smallest absolute Gasteiger partial charge is 0.254 e. The SMILES string of the molecule is CN1CCC(N(CCO)C(=O)c2cccc(Nc3ccccc3)c2)CC1. The molecule has 0 atom stereocenters. The summed E-state index contributed by atoms with van der Waals surface area (Å²) >= 11 is 0. The fourth-order valence-corrected chi connectivity index (χ4v) is 3.45. The molecule has 0 radical (unpaired) electrons. The Kier molecular flexibility index (Phi) is 6.26. The predicted molar refractivity (Wildman–Crippen MR) is 105 cm³/mol. The first kappa shape index (κ1) is 18.4. The summed E-state index contributed by atoms with van der Waals surface area (Å²) in [5.41, 5.74) is 2.52. The molecule has 1 aliphatic rings. The van der Waals surface area contributed by atoms with Gasteiger partial charge in [0, 0.05) is 29.5 Å². The van der Waals surface area contributed by atoms with E-state index in [0.29, 0.717) is 12.1 Å². The number of piperidine rings is 1. The molecule has 1 saturated heterocycles. The molecule has 1 amide bonds. The third kappa shape index (κ3) is 4.62. The van der Waals surface area contributed by atoms with Crippen molar-refractivity contribution >= 4 is 17.3 Å². The molecule has 5 heteroatoms. The fraction of sp³-hybridized carbons (Fsp3) is 0.381. The first-order chi connectivity index (χ1) is 12.7. The zero-order chi connectivity index (χ0) is 18.4. The van der Waals surface area contributed by atoms with Crippen LogP contribution < -0.4 is 5.32 Å². The van der Waals surface area contributed by atoms with Gasteiger partial charge in [-0.1, -0.05) is 24.3 Å². The number of nitrogens with one attached hydrogen (secondary N) is 1. The van der Waals surface area contributed by atoms with Crippen molar-refractivity contribution in [3.63, 3.8) is 0 Å². The molecule has 3 rings (SSSR count). The van der Waals surface area contributed by atoms with Crippen molar-refractivity contribution in [3.05, 3.63) is 60.2 Å². The molecule has 0 saturated carbocycles. The van der Waals surface area contributed by atoms with Crippen LogP contribution in [-0.2, 0) is 0 Å². The first-order valence-electron chi connectivity index (χ1n) is 9.20. The lowest BCUT2D eigenvalue weighted by atomic mass is 10.0. The molecule has 138 valence electrons. The number of carbonyl (C=O) groups excluding carboxylic acids is 1. The van der Waals surface area contributed by atoms with Crippen molar-refractivity contribution in [3.8, 4) is 0 Å². The van der Waals surface area contributed by atoms with Crippen LogP contribution >= 0.6 is 0 Å². The summed E-state index contributed by atoms with van der Waals surface area (Å²) in [6, 6.07) is 17.7. The summed E-state index contributed by atoms with van der Waals surface area (Å²) in [4.78, 5) is 17.2. The zero-order valence-electron chi connectivity index (χ0n) is 15.3. The van der Waals surface area contributed by atoms with Crippen molar-refractivity contribution in [2.24, 2.45) is 0 Å². The van der Waals surface area contributed by atoms with E-state index in [1.54, 1.807) is 0 Å². The normalized spacial score (nSPS) is 15.6. The minimum absolute atomic E-state index is 0.00897. The molecule has 1 fully saturated rings. The number of nitrogens with zero attached hydrogens (tertiary/aromatic N) is 2. The standard InChI is InChI=1S/C21H27N3O2/c1-23-12-10-20(11-13-23)24(14-15-25)21(26)17-6-5-9-19(16-17)22-18-7-3-2-4-8-18/h2-9,16,20,22,25H,10-15H2,1H3. The van der Waals surface area contributed by atoms with Crippen LogP contribution in [0.15, 0.2) is 54.6 Å². The number of hydrogen-bond acceptors (Lipinski definition) is 4. The van der Waals surface area contributed by atoms with E-state index in [4.69, 9.17) is 0 Å². The number of aliphatic hydroxyl groups excluding tert-OH is 1. The van der Waals surface area contributed by atoms with Gasteiger partial charge in [0.05, 0.1) is 6.61 Å². The van der Waals surface area contributed by atoms with E-state index in [2.05, 4.69) is 17.3 Å². The molecule has 0 aliphatic carbocycles. The number of hydrogen-bond donors (Lipinski definition) is 2. The minimum atomic E-state index is -0.0139. The highest BCUT2D eigenvalue weighted by atomic mass is 16.3. The molecule has 26 heavy (non-hydrogen) atoms. The van der Waals surface area contributed by atoms with Crippen molar-refractivity contribution in [2.75, 3.05) is 38.6 Å². The average molecular weight is 353 g/mol. The number of amides is 1. The number of anilines is 2. The van der Waals surface area contributed by atoms with Gasteiger partial charge in [0.15, 0.2) is 0 Å². The highest BCUT2D eigenvalue weighted by Gasteiger charge is 2.27. The van der Waals surface area contributed by atoms with Gasteiger partial charge in [-0.3, -0.25) is 4.79 Å². The van der Waals surface area contributed by atoms with Gasteiger partial charge >= 0.3 is 0 Å². The van der Waals surface area contributed by atoms with Crippen LogP contribution in [-0.4, -0.2) is 60.1 Å². The number of aliphatic hydroxyl groups is 1. The van der Waals surface area contributed by atoms with Crippen LogP contribution in [0.2, 0.25) is 0 Å². The minimum Gasteiger partial charge on any atom is -0.395 e. The Morgan fingerprint density at radius 1 is 1.12 bits per heavy atom. The molecule has 1 heterocycles. The maximum absolute atomic E-state index is 13.1. The quantitative estimate of drug-likeness (QED) is 0.838. The van der Waals surface area contributed by atoms with E-state index < -0.39 is 0 Å². The number of likely N-dealkylation sites (tertiary alicyclic amines) is 1. The Labute approximate surface area is 155 Å². The zero-order valence-corrected chi connectivity index (χ0v) is 15.3. The van der Waals surface area contributed by atoms with E-state index in [1.807, 2.05) is 59.5 Å². The van der Waals surface area contributed by atoms with E-state index in [-0.39, 0.29) is 18.6 Å². The maximum Gasteiger partial charge on any atom is 0.254 e. The molecule has 0 spiro atoms. The molecule has 1 aliphatic heterocycles. The van der Waals surface area contributed by atoms with E-state index in [9.17, 15) is 9.90 Å². The van der Waals surface area contributed by atoms with Gasteiger partial charge in [-0.25, -0.2) is 0 Å². The van der Waals surface area contributed by atoms with Gasteiger partial charge in [-0.05, 0) is 63.3 Å². The van der Waals surface area contributed by atoms with Crippen LogP contribution in [0.3, 0.4) is 0 Å². The molecule has 0 aromatic heterocycles. The second-order valence-corrected chi connectivity index (χ2v) is 6.83. The third-order valence-electron chi connectivity index (χ3n) is 4.90. The summed E-state index contributed by atoms with van der Waals surface area (Å²) in [7, 11) is 2.10. The maximum atomic E-state index is 13.1. The number of benzene rings is 2. The molecule has 2 aromatic rings. The predicted octanol–water partition coefficient (Wildman–Crippen LogP) is 2.96. The molecule has 5 nitrogen and oxygen atoms in total. The summed E-state index contributed by atoms with van der Waals surface area (Å²) < 4.78 is 0. The summed E-state index contributed by atoms with van der Waals surface area (Å²) in [6.07, 6.45) is 1.90. The van der Waals surface area contributed by atoms with Gasteiger partial charge in [0.2, 0.25) is 0 Å². The Bertz CT molecular complexity index is 712. The second kappa shape index (κ2) is 8.83. The fourth-order valence-electron chi connectivity index (χ4n) is 3.45. The Hall–Kier alpha value is -2.37. The molecule has 0 unspecified atom stereocenters. The van der Waals surface area contributed by atoms with Crippen LogP contribution in [0.25, 0.3) is 0 Å². The molecular weight excluding hydrogens is 326 g/mol. The number of para-hydroxylation sites is 1. The largest absolute Gasteiger partial charge is 0.395 e. The summed E-state index contributed by atoms with van der Waals surface area (Å²) in [5.74, 6) is -0.00897. The van der Waals surface area contributed by atoms with Gasteiger partial charge in [-0.15, -0.1) is 0 Å². The Balaban J connectivity index is 1.75. The monoisotopic (exact) mass is 353 g/mol. The third-order valence-corrected chi connectivity index (χ3v) is 4.90. The highest BCUT2D eigenvalue weighted by molar-refractivity contribution is 5.95. The van der Waals surface area contributed by atoms with Gasteiger partial charge < -0.3 is 20.2 Å². The Morgan fingerprint density at radius 3 is 2.50 bits per heavy atom. The van der Waals surface area contributed by atoms with Crippen molar-refractivity contribution in [1.82, 2.24) is 9.80 Å². The molecule has 2 N–H and O–H groups in total. The topological polar surface area (TPSA) is 55.8 Å². The molecule has 2 aromatic carbocycles. The van der Waals surface area contributed by atoms with Crippen LogP contribution in [0, 0.1) is 0 Å². The number of carbonyl (C=O) groups is 1. The summed E-state index contributed by atoms with van der Waals surface area (Å²) in [5, 5.41) is 12.8. The second-order valence-electron chi connectivity index (χ2n) is 6.83. The van der Waals surface area contributed by atoms with E-state index >= 15 is 0 Å². The first-order valence-corrected chi connectivity index (χ1v) is 9.20. The van der Waals surface area contributed by atoms with Crippen molar-refractivity contribution < 1.29 is 9.90 Å². The molecular formula is C21H27N3O2. The van der Waals surface area contributed by atoms with Crippen LogP contribution in [0.5, 0.6) is 0 Å². The lowest BCUT2D eigenvalue weighted by Gasteiger charge is -2.37. The molecule has 0 bridgehead atoms. The average Bonchev–Trinajstić information content (AvgIpc) is 2.67.